The molecule has 0 atom stereocenters. The van der Waals surface area contributed by atoms with Gasteiger partial charge in [-0.1, -0.05) is 0 Å². The Morgan fingerprint density at radius 2 is 1.50 bits per heavy atom. The third-order valence-corrected chi connectivity index (χ3v) is 1.89. The molecule has 4 heteroatoms. The Balaban J connectivity index is 3.61. The number of nitrogens with zero attached hydrogens (tertiary/aromatic N) is 1. The fourth-order valence-corrected chi connectivity index (χ4v) is 1.09. The molecule has 4 nitrogen and oxygen atoms in total. The van der Waals surface area contributed by atoms with E-state index < -0.39 is 0 Å². The molecule has 0 unspecified atom stereocenters. The molecule has 0 spiro atoms. The highest BCUT2D eigenvalue weighted by Gasteiger charge is 2.04. The van der Waals surface area contributed by atoms with Crippen LogP contribution >= 0.6 is 0 Å². The van der Waals surface area contributed by atoms with Crippen molar-refractivity contribution in [3.05, 3.63) is 0 Å². The highest BCUT2D eigenvalue weighted by Crippen LogP contribution is 1.91. The van der Waals surface area contributed by atoms with E-state index in [2.05, 4.69) is 0 Å². The van der Waals surface area contributed by atoms with Crippen LogP contribution in [0.2, 0.25) is 0 Å². The lowest BCUT2D eigenvalue weighted by Gasteiger charge is -2.22. The molecule has 0 saturated heterocycles. The van der Waals surface area contributed by atoms with Crippen molar-refractivity contribution in [2.75, 3.05) is 39.5 Å². The van der Waals surface area contributed by atoms with Crippen molar-refractivity contribution in [3.63, 3.8) is 0 Å². The first-order chi connectivity index (χ1) is 6.72. The van der Waals surface area contributed by atoms with Crippen LogP contribution in [0, 0.1) is 5.41 Å². The third kappa shape index (κ3) is 6.86. The Morgan fingerprint density at radius 3 is 1.79 bits per heavy atom. The molecule has 0 rings (SSSR count). The van der Waals surface area contributed by atoms with Gasteiger partial charge in [-0.3, -0.25) is 5.41 Å². The standard InChI is InChI=1S/C10H22N2O2/c1-4-13-8-6-12(10(3)11)7-9-14-5-2/h11H,4-9H2,1-3H3. The molecule has 0 aliphatic heterocycles. The molecule has 0 aliphatic rings. The smallest absolute Gasteiger partial charge is 0.0927 e. The van der Waals surface area contributed by atoms with E-state index in [0.717, 1.165) is 26.3 Å². The summed E-state index contributed by atoms with van der Waals surface area (Å²) < 4.78 is 10.5. The van der Waals surface area contributed by atoms with Crippen LogP contribution in [0.1, 0.15) is 20.8 Å². The number of hydrogen-bond donors (Lipinski definition) is 1. The number of nitrogens with one attached hydrogen (secondary N) is 1. The average molecular weight is 202 g/mol. The second-order valence-electron chi connectivity index (χ2n) is 2.97. The molecular weight excluding hydrogens is 180 g/mol. The van der Waals surface area contributed by atoms with Crippen LogP contribution in [0.25, 0.3) is 0 Å². The van der Waals surface area contributed by atoms with Gasteiger partial charge in [-0.05, 0) is 20.8 Å². The topological polar surface area (TPSA) is 45.6 Å². The molecule has 0 saturated carbocycles. The zero-order chi connectivity index (χ0) is 10.8. The minimum Gasteiger partial charge on any atom is -0.380 e. The van der Waals surface area contributed by atoms with Gasteiger partial charge in [0.15, 0.2) is 0 Å². The lowest BCUT2D eigenvalue weighted by molar-refractivity contribution is 0.106. The zero-order valence-corrected chi connectivity index (χ0v) is 9.51. The van der Waals surface area contributed by atoms with Crippen LogP contribution in [0.3, 0.4) is 0 Å². The second kappa shape index (κ2) is 8.97. The second-order valence-corrected chi connectivity index (χ2v) is 2.97. The number of ether oxygens (including phenoxy) is 2. The van der Waals surface area contributed by atoms with Gasteiger partial charge >= 0.3 is 0 Å². The predicted octanol–water partition coefficient (Wildman–Crippen LogP) is 1.36. The SMILES string of the molecule is CCOCCN(CCOCC)C(C)=N. The van der Waals surface area contributed by atoms with Crippen molar-refractivity contribution < 1.29 is 9.47 Å². The van der Waals surface area contributed by atoms with E-state index in [4.69, 9.17) is 14.9 Å². The number of hydrogen-bond acceptors (Lipinski definition) is 3. The molecule has 0 aliphatic carbocycles. The van der Waals surface area contributed by atoms with Gasteiger partial charge in [-0.25, -0.2) is 0 Å². The van der Waals surface area contributed by atoms with Crippen molar-refractivity contribution >= 4 is 5.84 Å². The molecule has 0 bridgehead atoms. The summed E-state index contributed by atoms with van der Waals surface area (Å²) in [5.41, 5.74) is 0. The summed E-state index contributed by atoms with van der Waals surface area (Å²) in [6.45, 7) is 10.1. The summed E-state index contributed by atoms with van der Waals surface area (Å²) in [4.78, 5) is 1.96. The maximum atomic E-state index is 7.54. The Morgan fingerprint density at radius 1 is 1.07 bits per heavy atom. The molecule has 0 aromatic carbocycles. The molecular formula is C10H22N2O2. The molecule has 0 heterocycles. The van der Waals surface area contributed by atoms with Crippen molar-refractivity contribution in [1.82, 2.24) is 4.90 Å². The van der Waals surface area contributed by atoms with Crippen LogP contribution in [-0.2, 0) is 9.47 Å². The lowest BCUT2D eigenvalue weighted by Crippen LogP contribution is -2.34. The van der Waals surface area contributed by atoms with Gasteiger partial charge in [-0.15, -0.1) is 0 Å². The van der Waals surface area contributed by atoms with Gasteiger partial charge in [0, 0.05) is 26.3 Å². The summed E-state index contributed by atoms with van der Waals surface area (Å²) in [7, 11) is 0. The van der Waals surface area contributed by atoms with Gasteiger partial charge in [-0.2, -0.15) is 0 Å². The molecule has 14 heavy (non-hydrogen) atoms. The van der Waals surface area contributed by atoms with Gasteiger partial charge in [0.2, 0.25) is 0 Å². The molecule has 1 N–H and O–H groups in total. The first-order valence-corrected chi connectivity index (χ1v) is 5.17. The zero-order valence-electron chi connectivity index (χ0n) is 9.51. The van der Waals surface area contributed by atoms with Gasteiger partial charge in [0.1, 0.15) is 0 Å². The minimum atomic E-state index is 0.574. The van der Waals surface area contributed by atoms with E-state index in [0.29, 0.717) is 19.0 Å². The Kier molecular flexibility index (Phi) is 8.57. The predicted molar refractivity (Wildman–Crippen MR) is 58.0 cm³/mol. The largest absolute Gasteiger partial charge is 0.380 e. The van der Waals surface area contributed by atoms with E-state index in [9.17, 15) is 0 Å². The Bertz CT molecular complexity index is 141. The monoisotopic (exact) mass is 202 g/mol. The van der Waals surface area contributed by atoms with Crippen LogP contribution in [-0.4, -0.2) is 50.3 Å². The highest BCUT2D eigenvalue weighted by atomic mass is 16.5. The van der Waals surface area contributed by atoms with Crippen LogP contribution < -0.4 is 0 Å². The number of amidine groups is 1. The van der Waals surface area contributed by atoms with Gasteiger partial charge in [0.25, 0.3) is 0 Å². The minimum absolute atomic E-state index is 0.574. The summed E-state index contributed by atoms with van der Waals surface area (Å²) in [6.07, 6.45) is 0. The van der Waals surface area contributed by atoms with Gasteiger partial charge in [0.05, 0.1) is 19.0 Å². The first-order valence-electron chi connectivity index (χ1n) is 5.17. The summed E-state index contributed by atoms with van der Waals surface area (Å²) in [6, 6.07) is 0. The molecule has 0 aromatic heterocycles. The molecule has 0 fully saturated rings. The first kappa shape index (κ1) is 13.4. The average Bonchev–Trinajstić information content (AvgIpc) is 2.15. The summed E-state index contributed by atoms with van der Waals surface area (Å²) in [5.74, 6) is 0.574. The van der Waals surface area contributed by atoms with Crippen molar-refractivity contribution in [2.24, 2.45) is 0 Å². The summed E-state index contributed by atoms with van der Waals surface area (Å²) >= 11 is 0. The third-order valence-electron chi connectivity index (χ3n) is 1.89. The van der Waals surface area contributed by atoms with E-state index in [1.807, 2.05) is 18.7 Å². The maximum absolute atomic E-state index is 7.54. The normalized spacial score (nSPS) is 10.2. The fraction of sp³-hybridized carbons (Fsp3) is 0.900. The van der Waals surface area contributed by atoms with E-state index in [-0.39, 0.29) is 0 Å². The van der Waals surface area contributed by atoms with Crippen LogP contribution in [0.15, 0.2) is 0 Å². The quantitative estimate of drug-likeness (QED) is 0.367. The summed E-state index contributed by atoms with van der Waals surface area (Å²) in [5, 5.41) is 7.54. The fourth-order valence-electron chi connectivity index (χ4n) is 1.09. The van der Waals surface area contributed by atoms with Crippen LogP contribution in [0.5, 0.6) is 0 Å². The Labute approximate surface area is 86.7 Å². The lowest BCUT2D eigenvalue weighted by atomic mass is 10.4. The number of rotatable bonds is 8. The van der Waals surface area contributed by atoms with Crippen LogP contribution in [0.4, 0.5) is 0 Å². The van der Waals surface area contributed by atoms with E-state index >= 15 is 0 Å². The van der Waals surface area contributed by atoms with Crippen molar-refractivity contribution in [1.29, 1.82) is 5.41 Å². The molecule has 0 amide bonds. The van der Waals surface area contributed by atoms with Crippen molar-refractivity contribution in [3.8, 4) is 0 Å². The van der Waals surface area contributed by atoms with E-state index in [1.165, 1.54) is 0 Å². The Hall–Kier alpha value is -0.610. The molecule has 0 aromatic rings. The highest BCUT2D eigenvalue weighted by molar-refractivity contribution is 5.76. The maximum Gasteiger partial charge on any atom is 0.0927 e. The van der Waals surface area contributed by atoms with Gasteiger partial charge < -0.3 is 14.4 Å². The molecule has 0 radical (unpaired) electrons. The van der Waals surface area contributed by atoms with E-state index in [1.54, 1.807) is 6.92 Å². The van der Waals surface area contributed by atoms with Crippen molar-refractivity contribution in [2.45, 2.75) is 20.8 Å². The molecule has 84 valence electrons.